The number of alkyl halides is 3. The highest BCUT2D eigenvalue weighted by atomic mass is 32.1. The molecule has 1 aliphatic heterocycles. The van der Waals surface area contributed by atoms with Crippen LogP contribution in [-0.2, 0) is 20.4 Å². The molecule has 0 saturated carbocycles. The molecule has 0 unspecified atom stereocenters. The fraction of sp³-hybridized carbons (Fsp3) is 0.273. The maximum absolute atomic E-state index is 14.3. The number of esters is 1. The van der Waals surface area contributed by atoms with E-state index in [0.717, 1.165) is 36.3 Å². The normalized spacial score (nSPS) is 15.4. The van der Waals surface area contributed by atoms with Crippen LogP contribution in [0.15, 0.2) is 36.4 Å². The molecule has 1 amide bonds. The number of nitrogens with zero attached hydrogens (tertiary/aromatic N) is 2. The molecule has 1 atom stereocenters. The summed E-state index contributed by atoms with van der Waals surface area (Å²) in [5.41, 5.74) is -2.37. The van der Waals surface area contributed by atoms with E-state index < -0.39 is 40.9 Å². The Bertz CT molecular complexity index is 1170. The lowest BCUT2D eigenvalue weighted by Crippen LogP contribution is -2.43. The number of amides is 1. The van der Waals surface area contributed by atoms with E-state index >= 15 is 0 Å². The minimum absolute atomic E-state index is 0.0420. The third-order valence-corrected chi connectivity index (χ3v) is 5.30. The first-order chi connectivity index (χ1) is 16.1. The standard InChI is InChI=1S/C22H17F4N3O4S/c1-32-20(31)16-5-3-14(8-18(16)23)28-21(34)29(19(30)13-6-7-33-11-13)15-4-2-12(10-27)17(9-15)22(24,25)26/h2-5,8-9,13H,6-7,11H2,1H3,(H,28,34)/t13-/m0/s1. The first-order valence-corrected chi connectivity index (χ1v) is 10.2. The van der Waals surface area contributed by atoms with Crippen LogP contribution in [-0.4, -0.2) is 37.3 Å². The van der Waals surface area contributed by atoms with Crippen LogP contribution in [0, 0.1) is 23.1 Å². The van der Waals surface area contributed by atoms with E-state index in [0.29, 0.717) is 19.1 Å². The van der Waals surface area contributed by atoms with Crippen LogP contribution in [0.4, 0.5) is 28.9 Å². The molecule has 0 aliphatic carbocycles. The molecule has 7 nitrogen and oxygen atoms in total. The molecule has 0 radical (unpaired) electrons. The highest BCUT2D eigenvalue weighted by Gasteiger charge is 2.36. The first kappa shape index (κ1) is 25.1. The number of nitrogens with one attached hydrogen (secondary N) is 1. The number of ether oxygens (including phenoxy) is 2. The van der Waals surface area contributed by atoms with Crippen molar-refractivity contribution in [2.45, 2.75) is 12.6 Å². The fourth-order valence-corrected chi connectivity index (χ4v) is 3.62. The minimum Gasteiger partial charge on any atom is -0.465 e. The van der Waals surface area contributed by atoms with Gasteiger partial charge in [-0.2, -0.15) is 18.4 Å². The summed E-state index contributed by atoms with van der Waals surface area (Å²) in [7, 11) is 1.09. The van der Waals surface area contributed by atoms with Gasteiger partial charge in [-0.1, -0.05) is 0 Å². The van der Waals surface area contributed by atoms with E-state index in [1.807, 2.05) is 0 Å². The third kappa shape index (κ3) is 5.32. The molecule has 0 aromatic heterocycles. The molecule has 0 spiro atoms. The van der Waals surface area contributed by atoms with Crippen LogP contribution < -0.4 is 10.2 Å². The quantitative estimate of drug-likeness (QED) is 0.385. The average molecular weight is 495 g/mol. The van der Waals surface area contributed by atoms with Gasteiger partial charge in [-0.05, 0) is 55.0 Å². The monoisotopic (exact) mass is 495 g/mol. The Kier molecular flexibility index (Phi) is 7.48. The van der Waals surface area contributed by atoms with Gasteiger partial charge in [0.1, 0.15) is 5.82 Å². The number of carbonyl (C=O) groups excluding carboxylic acids is 2. The Balaban J connectivity index is 2.00. The molecule has 0 bridgehead atoms. The molecular formula is C22H17F4N3O4S. The molecule has 34 heavy (non-hydrogen) atoms. The summed E-state index contributed by atoms with van der Waals surface area (Å²) >= 11 is 5.29. The molecule has 2 aromatic carbocycles. The zero-order valence-corrected chi connectivity index (χ0v) is 18.4. The number of halogens is 4. The van der Waals surface area contributed by atoms with Crippen molar-refractivity contribution in [1.29, 1.82) is 5.26 Å². The molecule has 3 rings (SSSR count). The number of thiocarbonyl (C=S) groups is 1. The van der Waals surface area contributed by atoms with Gasteiger partial charge in [0.15, 0.2) is 5.11 Å². The van der Waals surface area contributed by atoms with Gasteiger partial charge in [0.2, 0.25) is 5.91 Å². The van der Waals surface area contributed by atoms with Crippen LogP contribution in [0.5, 0.6) is 0 Å². The zero-order valence-electron chi connectivity index (χ0n) is 17.6. The highest BCUT2D eigenvalue weighted by molar-refractivity contribution is 7.80. The first-order valence-electron chi connectivity index (χ1n) is 9.78. The van der Waals surface area contributed by atoms with Gasteiger partial charge in [0.05, 0.1) is 48.1 Å². The number of rotatable bonds is 4. The van der Waals surface area contributed by atoms with Crippen LogP contribution in [0.25, 0.3) is 0 Å². The average Bonchev–Trinajstić information content (AvgIpc) is 3.33. The van der Waals surface area contributed by atoms with Gasteiger partial charge in [-0.25, -0.2) is 9.18 Å². The van der Waals surface area contributed by atoms with E-state index in [-0.39, 0.29) is 28.7 Å². The smallest absolute Gasteiger partial charge is 0.417 e. The van der Waals surface area contributed by atoms with E-state index in [4.69, 9.17) is 22.2 Å². The maximum atomic E-state index is 14.3. The lowest BCUT2D eigenvalue weighted by atomic mass is 10.0. The summed E-state index contributed by atoms with van der Waals surface area (Å²) < 4.78 is 64.5. The van der Waals surface area contributed by atoms with Gasteiger partial charge < -0.3 is 14.8 Å². The molecule has 1 aliphatic rings. The Morgan fingerprint density at radius 2 is 2.00 bits per heavy atom. The number of hydrogen-bond acceptors (Lipinski definition) is 6. The SMILES string of the molecule is COC(=O)c1ccc(NC(=S)N(C(=O)[C@H]2CCOC2)c2ccc(C#N)c(C(F)(F)F)c2)cc1F. The van der Waals surface area contributed by atoms with Crippen molar-refractivity contribution in [3.05, 3.63) is 58.9 Å². The van der Waals surface area contributed by atoms with Crippen molar-refractivity contribution in [1.82, 2.24) is 0 Å². The topological polar surface area (TPSA) is 91.7 Å². The van der Waals surface area contributed by atoms with Crippen LogP contribution in [0.3, 0.4) is 0 Å². The van der Waals surface area contributed by atoms with Crippen LogP contribution >= 0.6 is 12.2 Å². The molecule has 1 heterocycles. The summed E-state index contributed by atoms with van der Waals surface area (Å²) in [6.07, 6.45) is -4.52. The number of hydrogen-bond donors (Lipinski definition) is 1. The van der Waals surface area contributed by atoms with E-state index in [1.165, 1.54) is 12.1 Å². The lowest BCUT2D eigenvalue weighted by molar-refractivity contribution is -0.137. The predicted molar refractivity (Wildman–Crippen MR) is 117 cm³/mol. The zero-order chi connectivity index (χ0) is 25.0. The van der Waals surface area contributed by atoms with Gasteiger partial charge in [0, 0.05) is 12.3 Å². The largest absolute Gasteiger partial charge is 0.465 e. The van der Waals surface area contributed by atoms with Gasteiger partial charge in [-0.3, -0.25) is 9.69 Å². The van der Waals surface area contributed by atoms with Crippen molar-refractivity contribution in [2.75, 3.05) is 30.5 Å². The van der Waals surface area contributed by atoms with Crippen molar-refractivity contribution in [3.8, 4) is 6.07 Å². The molecule has 12 heteroatoms. The molecule has 1 N–H and O–H groups in total. The Hall–Kier alpha value is -3.56. The summed E-state index contributed by atoms with van der Waals surface area (Å²) in [6.45, 7) is 0.356. The third-order valence-electron chi connectivity index (χ3n) is 5.02. The van der Waals surface area contributed by atoms with Crippen molar-refractivity contribution >= 4 is 40.6 Å². The van der Waals surface area contributed by atoms with Gasteiger partial charge in [-0.15, -0.1) is 0 Å². The van der Waals surface area contributed by atoms with Gasteiger partial charge >= 0.3 is 12.1 Å². The summed E-state index contributed by atoms with van der Waals surface area (Å²) in [6, 6.07) is 7.59. The second-order valence-electron chi connectivity index (χ2n) is 7.19. The number of nitriles is 1. The Labute approximate surface area is 196 Å². The van der Waals surface area contributed by atoms with Crippen LogP contribution in [0.2, 0.25) is 0 Å². The molecular weight excluding hydrogens is 478 g/mol. The Morgan fingerprint density at radius 1 is 1.26 bits per heavy atom. The number of carbonyl (C=O) groups is 2. The molecule has 1 fully saturated rings. The number of methoxy groups -OCH3 is 1. The lowest BCUT2D eigenvalue weighted by Gasteiger charge is -2.27. The summed E-state index contributed by atoms with van der Waals surface area (Å²) in [5, 5.41) is 11.3. The molecule has 1 saturated heterocycles. The van der Waals surface area contributed by atoms with Crippen LogP contribution in [0.1, 0.15) is 27.9 Å². The van der Waals surface area contributed by atoms with E-state index in [2.05, 4.69) is 10.1 Å². The summed E-state index contributed by atoms with van der Waals surface area (Å²) in [4.78, 5) is 25.6. The van der Waals surface area contributed by atoms with E-state index in [9.17, 15) is 27.2 Å². The van der Waals surface area contributed by atoms with Gasteiger partial charge in [0.25, 0.3) is 0 Å². The molecule has 178 valence electrons. The summed E-state index contributed by atoms with van der Waals surface area (Å²) in [5.74, 6) is -3.12. The van der Waals surface area contributed by atoms with Crippen molar-refractivity contribution in [3.63, 3.8) is 0 Å². The number of benzene rings is 2. The molecule has 2 aromatic rings. The second kappa shape index (κ2) is 10.1. The van der Waals surface area contributed by atoms with E-state index in [1.54, 1.807) is 0 Å². The number of anilines is 2. The maximum Gasteiger partial charge on any atom is 0.417 e. The fourth-order valence-electron chi connectivity index (χ4n) is 3.31. The van der Waals surface area contributed by atoms with Crippen molar-refractivity contribution < 1.29 is 36.6 Å². The minimum atomic E-state index is -4.85. The van der Waals surface area contributed by atoms with Crippen molar-refractivity contribution in [2.24, 2.45) is 5.92 Å². The predicted octanol–water partition coefficient (Wildman–Crippen LogP) is 4.27. The highest BCUT2D eigenvalue weighted by Crippen LogP contribution is 2.35. The Morgan fingerprint density at radius 3 is 2.56 bits per heavy atom. The second-order valence-corrected chi connectivity index (χ2v) is 7.58.